The van der Waals surface area contributed by atoms with Crippen LogP contribution in [-0.4, -0.2) is 6.21 Å². The summed E-state index contributed by atoms with van der Waals surface area (Å²) in [5.41, 5.74) is 3.85. The maximum absolute atomic E-state index is 5.76. The molecule has 76 valence electrons. The second kappa shape index (κ2) is 4.96. The highest BCUT2D eigenvalue weighted by Crippen LogP contribution is 2.13. The van der Waals surface area contributed by atoms with E-state index in [-0.39, 0.29) is 0 Å². The van der Waals surface area contributed by atoms with Crippen molar-refractivity contribution in [3.05, 3.63) is 51.7 Å². The Morgan fingerprint density at radius 2 is 2.00 bits per heavy atom. The minimum absolute atomic E-state index is 0.725. The molecule has 1 aromatic heterocycles. The van der Waals surface area contributed by atoms with E-state index >= 15 is 0 Å². The highest BCUT2D eigenvalue weighted by Gasteiger charge is 1.89. The minimum atomic E-state index is 0.725. The molecule has 0 bridgehead atoms. The smallest absolute Gasteiger partial charge is 0.0644 e. The first-order valence-electron chi connectivity index (χ1n) is 4.43. The average molecular weight is 237 g/mol. The van der Waals surface area contributed by atoms with Crippen molar-refractivity contribution < 1.29 is 0 Å². The molecule has 0 radical (unpaired) electrons. The van der Waals surface area contributed by atoms with E-state index in [1.165, 1.54) is 0 Å². The van der Waals surface area contributed by atoms with Gasteiger partial charge in [0.25, 0.3) is 0 Å². The first kappa shape index (κ1) is 10.2. The lowest BCUT2D eigenvalue weighted by Gasteiger charge is -1.98. The maximum atomic E-state index is 5.76. The van der Waals surface area contributed by atoms with Gasteiger partial charge in [-0.05, 0) is 35.7 Å². The summed E-state index contributed by atoms with van der Waals surface area (Å²) in [6.45, 7) is 0. The van der Waals surface area contributed by atoms with Crippen LogP contribution in [0.15, 0.2) is 46.9 Å². The molecule has 0 aliphatic heterocycles. The zero-order valence-electron chi connectivity index (χ0n) is 7.85. The molecule has 0 atom stereocenters. The summed E-state index contributed by atoms with van der Waals surface area (Å²) in [7, 11) is 0. The van der Waals surface area contributed by atoms with Crippen LogP contribution in [0.3, 0.4) is 0 Å². The third-order valence-electron chi connectivity index (χ3n) is 1.77. The van der Waals surface area contributed by atoms with Gasteiger partial charge in [-0.15, -0.1) is 11.3 Å². The van der Waals surface area contributed by atoms with Gasteiger partial charge in [-0.2, -0.15) is 5.10 Å². The van der Waals surface area contributed by atoms with Crippen molar-refractivity contribution in [2.75, 3.05) is 5.43 Å². The first-order chi connectivity index (χ1) is 7.34. The Balaban J connectivity index is 1.96. The average Bonchev–Trinajstić information content (AvgIpc) is 2.74. The number of hydrogen-bond donors (Lipinski definition) is 1. The molecule has 1 N–H and O–H groups in total. The Morgan fingerprint density at radius 3 is 2.67 bits per heavy atom. The standard InChI is InChI=1S/C11H9ClN2S/c12-9-3-5-10(6-4-9)14-13-8-11-2-1-7-15-11/h1-8,14H/b13-8-. The molecule has 0 fully saturated rings. The van der Waals surface area contributed by atoms with Crippen molar-refractivity contribution in [3.63, 3.8) is 0 Å². The van der Waals surface area contributed by atoms with E-state index in [9.17, 15) is 0 Å². The molecule has 2 nitrogen and oxygen atoms in total. The minimum Gasteiger partial charge on any atom is -0.278 e. The molecule has 2 aromatic rings. The van der Waals surface area contributed by atoms with Gasteiger partial charge in [0, 0.05) is 9.90 Å². The second-order valence-corrected chi connectivity index (χ2v) is 4.31. The molecule has 0 unspecified atom stereocenters. The van der Waals surface area contributed by atoms with Crippen LogP contribution in [0.2, 0.25) is 5.02 Å². The Labute approximate surface area is 97.2 Å². The molecular weight excluding hydrogens is 228 g/mol. The van der Waals surface area contributed by atoms with Gasteiger partial charge in [0.2, 0.25) is 0 Å². The third-order valence-corrected chi connectivity index (χ3v) is 2.83. The van der Waals surface area contributed by atoms with Gasteiger partial charge >= 0.3 is 0 Å². The van der Waals surface area contributed by atoms with Crippen LogP contribution in [0.1, 0.15) is 4.88 Å². The lowest BCUT2D eigenvalue weighted by molar-refractivity contribution is 1.35. The number of benzene rings is 1. The van der Waals surface area contributed by atoms with E-state index in [0.717, 1.165) is 15.6 Å². The SMILES string of the molecule is Clc1ccc(N/N=C\c2cccs2)cc1. The Bertz CT molecular complexity index is 434. The van der Waals surface area contributed by atoms with Gasteiger partial charge in [0.1, 0.15) is 0 Å². The van der Waals surface area contributed by atoms with Crippen molar-refractivity contribution in [2.45, 2.75) is 0 Å². The van der Waals surface area contributed by atoms with Crippen LogP contribution in [0.4, 0.5) is 5.69 Å². The van der Waals surface area contributed by atoms with E-state index in [1.54, 1.807) is 17.6 Å². The molecule has 0 amide bonds. The molecule has 0 saturated heterocycles. The Morgan fingerprint density at radius 1 is 1.20 bits per heavy atom. The third kappa shape index (κ3) is 3.08. The number of hydrazone groups is 1. The number of nitrogens with one attached hydrogen (secondary N) is 1. The predicted molar refractivity (Wildman–Crippen MR) is 67.0 cm³/mol. The van der Waals surface area contributed by atoms with Crippen molar-refractivity contribution in [1.29, 1.82) is 0 Å². The Hall–Kier alpha value is -1.32. The van der Waals surface area contributed by atoms with E-state index < -0.39 is 0 Å². The summed E-state index contributed by atoms with van der Waals surface area (Å²) < 4.78 is 0. The molecule has 0 saturated carbocycles. The molecule has 15 heavy (non-hydrogen) atoms. The van der Waals surface area contributed by atoms with Gasteiger partial charge < -0.3 is 0 Å². The van der Waals surface area contributed by atoms with Crippen LogP contribution in [0.25, 0.3) is 0 Å². The normalized spacial score (nSPS) is 10.7. The number of halogens is 1. The van der Waals surface area contributed by atoms with Crippen molar-refractivity contribution in [3.8, 4) is 0 Å². The number of hydrogen-bond acceptors (Lipinski definition) is 3. The predicted octanol–water partition coefficient (Wildman–Crippen LogP) is 3.85. The fourth-order valence-electron chi connectivity index (χ4n) is 1.06. The molecule has 1 aromatic carbocycles. The first-order valence-corrected chi connectivity index (χ1v) is 5.68. The van der Waals surface area contributed by atoms with E-state index in [4.69, 9.17) is 11.6 Å². The number of nitrogens with zero attached hydrogens (tertiary/aromatic N) is 1. The Kier molecular flexibility index (Phi) is 3.37. The fraction of sp³-hybridized carbons (Fsp3) is 0. The summed E-state index contributed by atoms with van der Waals surface area (Å²) in [5, 5.41) is 6.85. The van der Waals surface area contributed by atoms with Crippen molar-refractivity contribution in [1.82, 2.24) is 0 Å². The van der Waals surface area contributed by atoms with Crippen LogP contribution < -0.4 is 5.43 Å². The van der Waals surface area contributed by atoms with Gasteiger partial charge in [-0.3, -0.25) is 5.43 Å². The van der Waals surface area contributed by atoms with E-state index in [0.29, 0.717) is 0 Å². The zero-order valence-corrected chi connectivity index (χ0v) is 9.42. The quantitative estimate of drug-likeness (QED) is 0.635. The zero-order chi connectivity index (χ0) is 10.5. The second-order valence-electron chi connectivity index (χ2n) is 2.89. The maximum Gasteiger partial charge on any atom is 0.0644 e. The number of rotatable bonds is 3. The number of thiophene rings is 1. The monoisotopic (exact) mass is 236 g/mol. The molecule has 4 heteroatoms. The van der Waals surface area contributed by atoms with Crippen LogP contribution in [0, 0.1) is 0 Å². The van der Waals surface area contributed by atoms with Crippen LogP contribution in [-0.2, 0) is 0 Å². The lowest BCUT2D eigenvalue weighted by Crippen LogP contribution is -1.88. The summed E-state index contributed by atoms with van der Waals surface area (Å²) in [4.78, 5) is 1.12. The summed E-state index contributed by atoms with van der Waals surface area (Å²) in [5.74, 6) is 0. The molecule has 0 spiro atoms. The van der Waals surface area contributed by atoms with Crippen molar-refractivity contribution in [2.24, 2.45) is 5.10 Å². The molecule has 0 aliphatic carbocycles. The summed E-state index contributed by atoms with van der Waals surface area (Å²) in [6.07, 6.45) is 1.79. The van der Waals surface area contributed by atoms with Gasteiger partial charge in [0.05, 0.1) is 11.9 Å². The lowest BCUT2D eigenvalue weighted by atomic mass is 10.3. The largest absolute Gasteiger partial charge is 0.278 e. The summed E-state index contributed by atoms with van der Waals surface area (Å²) in [6, 6.07) is 11.4. The van der Waals surface area contributed by atoms with E-state index in [1.807, 2.05) is 41.8 Å². The highest BCUT2D eigenvalue weighted by molar-refractivity contribution is 7.11. The van der Waals surface area contributed by atoms with Crippen molar-refractivity contribution >= 4 is 34.8 Å². The van der Waals surface area contributed by atoms with Gasteiger partial charge in [-0.25, -0.2) is 0 Å². The molecule has 1 heterocycles. The van der Waals surface area contributed by atoms with E-state index in [2.05, 4.69) is 10.5 Å². The number of anilines is 1. The molecular formula is C11H9ClN2S. The van der Waals surface area contributed by atoms with Gasteiger partial charge in [-0.1, -0.05) is 17.7 Å². The van der Waals surface area contributed by atoms with Crippen LogP contribution in [0.5, 0.6) is 0 Å². The molecule has 0 aliphatic rings. The summed E-state index contributed by atoms with van der Waals surface area (Å²) >= 11 is 7.41. The topological polar surface area (TPSA) is 24.4 Å². The van der Waals surface area contributed by atoms with Gasteiger partial charge in [0.15, 0.2) is 0 Å². The molecule has 2 rings (SSSR count). The highest BCUT2D eigenvalue weighted by atomic mass is 35.5. The van der Waals surface area contributed by atoms with Crippen LogP contribution >= 0.6 is 22.9 Å². The fourth-order valence-corrected chi connectivity index (χ4v) is 1.77.